The number of hydrogen-bond acceptors (Lipinski definition) is 3. The van der Waals surface area contributed by atoms with E-state index in [2.05, 4.69) is 4.74 Å². The minimum atomic E-state index is -5.68. The zero-order valence-electron chi connectivity index (χ0n) is 7.73. The summed E-state index contributed by atoms with van der Waals surface area (Å²) >= 11 is 0. The lowest BCUT2D eigenvalue weighted by atomic mass is 10.3. The van der Waals surface area contributed by atoms with E-state index in [0.29, 0.717) is 0 Å². The van der Waals surface area contributed by atoms with Gasteiger partial charge in [0.2, 0.25) is 9.05 Å². The average Bonchev–Trinajstić information content (AvgIpc) is 1.98. The third-order valence-corrected chi connectivity index (χ3v) is 2.61. The van der Waals surface area contributed by atoms with E-state index in [1.165, 1.54) is 0 Å². The van der Waals surface area contributed by atoms with Crippen molar-refractivity contribution >= 4 is 19.7 Å². The molecule has 0 saturated carbocycles. The first kappa shape index (κ1) is 15.9. The van der Waals surface area contributed by atoms with Crippen molar-refractivity contribution in [2.75, 3.05) is 19.0 Å². The number of rotatable bonds is 6. The zero-order valence-corrected chi connectivity index (χ0v) is 9.30. The Morgan fingerprint density at radius 3 is 2.00 bits per heavy atom. The minimum absolute atomic E-state index is 0.250. The summed E-state index contributed by atoms with van der Waals surface area (Å²) in [6.45, 7) is -2.38. The summed E-state index contributed by atoms with van der Waals surface area (Å²) in [7, 11) is 0.977. The van der Waals surface area contributed by atoms with Crippen LogP contribution in [0.25, 0.3) is 0 Å². The van der Waals surface area contributed by atoms with E-state index in [1.807, 2.05) is 0 Å². The Morgan fingerprint density at radius 2 is 1.62 bits per heavy atom. The Bertz CT molecular complexity index is 313. The van der Waals surface area contributed by atoms with E-state index < -0.39 is 40.1 Å². The van der Waals surface area contributed by atoms with Crippen molar-refractivity contribution < 1.29 is 35.1 Å². The molecule has 0 aromatic carbocycles. The highest BCUT2D eigenvalue weighted by Crippen LogP contribution is 2.35. The van der Waals surface area contributed by atoms with Crippen LogP contribution in [0.15, 0.2) is 0 Å². The smallest absolute Gasteiger partial charge is 0.375 e. The monoisotopic (exact) mass is 290 g/mol. The molecule has 0 fully saturated rings. The van der Waals surface area contributed by atoms with E-state index in [0.717, 1.165) is 0 Å². The van der Waals surface area contributed by atoms with Crippen LogP contribution >= 0.6 is 10.7 Å². The SMILES string of the molecule is O=S(=O)(Cl)CCCOCC(F)(F)C(F)(F)F. The van der Waals surface area contributed by atoms with Crippen molar-refractivity contribution in [1.29, 1.82) is 0 Å². The third kappa shape index (κ3) is 6.44. The fourth-order valence-electron chi connectivity index (χ4n) is 0.616. The van der Waals surface area contributed by atoms with Crippen molar-refractivity contribution in [1.82, 2.24) is 0 Å². The number of ether oxygens (including phenoxy) is 1. The maximum atomic E-state index is 12.2. The fourth-order valence-corrected chi connectivity index (χ4v) is 1.41. The molecule has 0 N–H and O–H groups in total. The topological polar surface area (TPSA) is 43.4 Å². The molecule has 0 aliphatic carbocycles. The van der Waals surface area contributed by atoms with Crippen LogP contribution in [0.3, 0.4) is 0 Å². The Morgan fingerprint density at radius 1 is 1.12 bits per heavy atom. The first-order valence-corrected chi connectivity index (χ1v) is 6.38. The molecule has 0 aliphatic rings. The van der Waals surface area contributed by atoms with Gasteiger partial charge in [-0.3, -0.25) is 0 Å². The van der Waals surface area contributed by atoms with Gasteiger partial charge >= 0.3 is 12.1 Å². The van der Waals surface area contributed by atoms with Gasteiger partial charge in [-0.15, -0.1) is 0 Å². The van der Waals surface area contributed by atoms with Gasteiger partial charge < -0.3 is 4.74 Å². The molecule has 0 saturated heterocycles. The largest absolute Gasteiger partial charge is 0.455 e. The van der Waals surface area contributed by atoms with Crippen LogP contribution in [-0.4, -0.2) is 39.5 Å². The molecular formula is C6H8ClF5O3S. The summed E-state index contributed by atoms with van der Waals surface area (Å²) in [6, 6.07) is 0. The van der Waals surface area contributed by atoms with Gasteiger partial charge in [0.05, 0.1) is 5.75 Å². The first-order chi connectivity index (χ1) is 6.96. The predicted molar refractivity (Wildman–Crippen MR) is 46.1 cm³/mol. The van der Waals surface area contributed by atoms with E-state index in [1.54, 1.807) is 0 Å². The molecule has 0 aromatic heterocycles. The second kappa shape index (κ2) is 5.46. The van der Waals surface area contributed by atoms with Crippen LogP contribution in [-0.2, 0) is 13.8 Å². The highest BCUT2D eigenvalue weighted by atomic mass is 35.7. The van der Waals surface area contributed by atoms with Gasteiger partial charge in [0.1, 0.15) is 6.61 Å². The molecular weight excluding hydrogens is 283 g/mol. The van der Waals surface area contributed by atoms with Crippen molar-refractivity contribution in [3.05, 3.63) is 0 Å². The van der Waals surface area contributed by atoms with E-state index in [4.69, 9.17) is 10.7 Å². The van der Waals surface area contributed by atoms with Crippen LogP contribution in [0.5, 0.6) is 0 Å². The van der Waals surface area contributed by atoms with Crippen molar-refractivity contribution in [3.8, 4) is 0 Å². The number of hydrogen-bond donors (Lipinski definition) is 0. The fraction of sp³-hybridized carbons (Fsp3) is 1.00. The maximum absolute atomic E-state index is 12.2. The Labute approximate surface area is 92.9 Å². The van der Waals surface area contributed by atoms with Gasteiger partial charge in [-0.25, -0.2) is 8.42 Å². The van der Waals surface area contributed by atoms with Crippen molar-refractivity contribution in [2.45, 2.75) is 18.5 Å². The molecule has 0 unspecified atom stereocenters. The molecule has 0 atom stereocenters. The first-order valence-electron chi connectivity index (χ1n) is 3.90. The lowest BCUT2D eigenvalue weighted by Gasteiger charge is -2.19. The quantitative estimate of drug-likeness (QED) is 0.428. The summed E-state index contributed by atoms with van der Waals surface area (Å²) in [6.07, 6.45) is -5.93. The molecule has 0 spiro atoms. The Hall–Kier alpha value is -0.150. The molecule has 0 amide bonds. The van der Waals surface area contributed by atoms with E-state index in [9.17, 15) is 30.4 Å². The van der Waals surface area contributed by atoms with Crippen LogP contribution in [0.1, 0.15) is 6.42 Å². The molecule has 0 aromatic rings. The van der Waals surface area contributed by atoms with Crippen LogP contribution in [0.4, 0.5) is 22.0 Å². The molecule has 3 nitrogen and oxygen atoms in total. The average molecular weight is 291 g/mol. The van der Waals surface area contributed by atoms with Crippen molar-refractivity contribution in [3.63, 3.8) is 0 Å². The molecule has 0 aliphatic heterocycles. The van der Waals surface area contributed by atoms with Gasteiger partial charge in [-0.1, -0.05) is 0 Å². The van der Waals surface area contributed by atoms with Gasteiger partial charge in [0.25, 0.3) is 0 Å². The molecule has 98 valence electrons. The van der Waals surface area contributed by atoms with Crippen molar-refractivity contribution in [2.24, 2.45) is 0 Å². The second-order valence-corrected chi connectivity index (χ2v) is 5.75. The lowest BCUT2D eigenvalue weighted by Crippen LogP contribution is -2.40. The van der Waals surface area contributed by atoms with Gasteiger partial charge in [-0.2, -0.15) is 22.0 Å². The van der Waals surface area contributed by atoms with E-state index >= 15 is 0 Å². The normalized spacial score (nSPS) is 14.1. The van der Waals surface area contributed by atoms with E-state index in [-0.39, 0.29) is 6.42 Å². The highest BCUT2D eigenvalue weighted by Gasteiger charge is 2.57. The van der Waals surface area contributed by atoms with Gasteiger partial charge in [-0.05, 0) is 6.42 Å². The molecule has 10 heteroatoms. The minimum Gasteiger partial charge on any atom is -0.375 e. The van der Waals surface area contributed by atoms with Crippen LogP contribution < -0.4 is 0 Å². The summed E-state index contributed by atoms with van der Waals surface area (Å²) in [5.41, 5.74) is 0. The van der Waals surface area contributed by atoms with Gasteiger partial charge in [0.15, 0.2) is 0 Å². The second-order valence-electron chi connectivity index (χ2n) is 2.85. The molecule has 0 rings (SSSR count). The predicted octanol–water partition coefficient (Wildman–Crippen LogP) is 2.16. The molecule has 0 radical (unpaired) electrons. The van der Waals surface area contributed by atoms with Crippen LogP contribution in [0.2, 0.25) is 0 Å². The summed E-state index contributed by atoms with van der Waals surface area (Å²) < 4.78 is 83.8. The maximum Gasteiger partial charge on any atom is 0.455 e. The Balaban J connectivity index is 3.84. The summed E-state index contributed by atoms with van der Waals surface area (Å²) in [5, 5.41) is 0. The number of alkyl halides is 5. The van der Waals surface area contributed by atoms with Crippen LogP contribution in [0, 0.1) is 0 Å². The Kier molecular flexibility index (Phi) is 5.40. The number of halogens is 6. The molecule has 0 bridgehead atoms. The third-order valence-electron chi connectivity index (χ3n) is 1.37. The standard InChI is InChI=1S/C6H8ClF5O3S/c7-16(13,14)3-1-2-15-4-5(8,9)6(10,11)12/h1-4H2. The summed E-state index contributed by atoms with van der Waals surface area (Å²) in [4.78, 5) is 0. The summed E-state index contributed by atoms with van der Waals surface area (Å²) in [5.74, 6) is -5.49. The lowest BCUT2D eigenvalue weighted by molar-refractivity contribution is -0.296. The molecule has 0 heterocycles. The highest BCUT2D eigenvalue weighted by molar-refractivity contribution is 8.13. The van der Waals surface area contributed by atoms with Gasteiger partial charge in [0, 0.05) is 17.3 Å². The zero-order chi connectivity index (χ0) is 13.0. The molecule has 16 heavy (non-hydrogen) atoms.